The number of aromatic nitrogens is 1. The fourth-order valence-corrected chi connectivity index (χ4v) is 5.76. The first kappa shape index (κ1) is 24.0. The van der Waals surface area contributed by atoms with Crippen molar-refractivity contribution >= 4 is 23.0 Å². The molecule has 2 unspecified atom stereocenters. The molecule has 2 N–H and O–H groups in total. The molecule has 1 saturated heterocycles. The summed E-state index contributed by atoms with van der Waals surface area (Å²) in [5.74, 6) is -1.56. The van der Waals surface area contributed by atoms with Gasteiger partial charge in [-0.25, -0.2) is 4.98 Å². The van der Waals surface area contributed by atoms with Gasteiger partial charge in [-0.1, -0.05) is 36.4 Å². The van der Waals surface area contributed by atoms with Crippen molar-refractivity contribution in [3.63, 3.8) is 0 Å². The van der Waals surface area contributed by atoms with E-state index in [0.29, 0.717) is 27.7 Å². The van der Waals surface area contributed by atoms with Crippen LogP contribution < -0.4 is 4.74 Å². The molecule has 5 rings (SSSR count). The second-order valence-electron chi connectivity index (χ2n) is 8.82. The van der Waals surface area contributed by atoms with Gasteiger partial charge in [-0.3, -0.25) is 9.59 Å². The molecule has 0 saturated carbocycles. The van der Waals surface area contributed by atoms with E-state index in [-0.39, 0.29) is 29.7 Å². The number of aliphatic hydroxyl groups is 1. The molecule has 1 fully saturated rings. The van der Waals surface area contributed by atoms with E-state index in [1.54, 1.807) is 19.1 Å². The van der Waals surface area contributed by atoms with Gasteiger partial charge in [-0.2, -0.15) is 0 Å². The molecule has 3 aromatic rings. The highest BCUT2D eigenvalue weighted by Crippen LogP contribution is 2.43. The molecule has 2 atom stereocenters. The van der Waals surface area contributed by atoms with E-state index < -0.39 is 23.5 Å². The maximum atomic E-state index is 13.9. The lowest BCUT2D eigenvalue weighted by Gasteiger charge is -2.29. The van der Waals surface area contributed by atoms with Gasteiger partial charge in [0, 0.05) is 18.7 Å². The molecule has 2 aliphatic rings. The number of amides is 1. The van der Waals surface area contributed by atoms with Gasteiger partial charge in [0.25, 0.3) is 5.91 Å². The first-order valence-electron chi connectivity index (χ1n) is 11.7. The molecule has 1 aromatic heterocycles. The number of ketones is 1. The maximum Gasteiger partial charge on any atom is 0.290 e. The molecule has 9 heteroatoms. The number of hydrogen-bond donors (Lipinski definition) is 2. The van der Waals surface area contributed by atoms with Gasteiger partial charge >= 0.3 is 0 Å². The number of thiazole rings is 1. The number of aliphatic hydroxyl groups excluding tert-OH is 1. The zero-order valence-corrected chi connectivity index (χ0v) is 20.7. The van der Waals surface area contributed by atoms with E-state index >= 15 is 0 Å². The molecule has 2 aliphatic heterocycles. The van der Waals surface area contributed by atoms with Crippen molar-refractivity contribution in [2.75, 3.05) is 20.3 Å². The van der Waals surface area contributed by atoms with Gasteiger partial charge < -0.3 is 24.6 Å². The van der Waals surface area contributed by atoms with Crippen LogP contribution in [0.1, 0.15) is 39.8 Å². The minimum Gasteiger partial charge on any atom is -0.504 e. The minimum atomic E-state index is -0.896. The zero-order valence-electron chi connectivity index (χ0n) is 19.9. The largest absolute Gasteiger partial charge is 0.504 e. The van der Waals surface area contributed by atoms with Gasteiger partial charge in [0.1, 0.15) is 5.01 Å². The second kappa shape index (κ2) is 9.75. The van der Waals surface area contributed by atoms with Crippen LogP contribution in [0.25, 0.3) is 10.6 Å². The summed E-state index contributed by atoms with van der Waals surface area (Å²) in [5.41, 5.74) is 1.85. The van der Waals surface area contributed by atoms with Gasteiger partial charge in [0.2, 0.25) is 5.78 Å². The predicted molar refractivity (Wildman–Crippen MR) is 134 cm³/mol. The monoisotopic (exact) mass is 506 g/mol. The van der Waals surface area contributed by atoms with Crippen LogP contribution in [0.5, 0.6) is 11.5 Å². The molecule has 0 bridgehead atoms. The number of carbonyl (C=O) groups excluding carboxylic acids is 2. The number of benzene rings is 2. The van der Waals surface area contributed by atoms with Crippen LogP contribution in [0.4, 0.5) is 0 Å². The summed E-state index contributed by atoms with van der Waals surface area (Å²) in [6.07, 6.45) is 1.47. The zero-order chi connectivity index (χ0) is 25.4. The van der Waals surface area contributed by atoms with E-state index in [9.17, 15) is 19.8 Å². The lowest BCUT2D eigenvalue weighted by atomic mass is 9.94. The second-order valence-corrected chi connectivity index (χ2v) is 9.82. The molecular weight excluding hydrogens is 480 g/mol. The van der Waals surface area contributed by atoms with Crippen LogP contribution in [0.2, 0.25) is 0 Å². The molecule has 0 aliphatic carbocycles. The quantitative estimate of drug-likeness (QED) is 0.451. The number of carbonyl (C=O) groups is 2. The Bertz CT molecular complexity index is 1340. The molecule has 2 aromatic carbocycles. The van der Waals surface area contributed by atoms with Gasteiger partial charge in [0.15, 0.2) is 17.3 Å². The number of phenols is 1. The number of phenolic OH excluding ortho intramolecular Hbond substituents is 1. The average Bonchev–Trinajstić information content (AvgIpc) is 3.60. The highest BCUT2D eigenvalue weighted by Gasteiger charge is 2.45. The molecule has 3 heterocycles. The third-order valence-corrected chi connectivity index (χ3v) is 7.72. The van der Waals surface area contributed by atoms with Crippen LogP contribution in [0.15, 0.2) is 59.9 Å². The van der Waals surface area contributed by atoms with Crippen LogP contribution in [-0.4, -0.2) is 58.2 Å². The molecule has 0 spiro atoms. The SMILES string of the molecule is COc1ccc(C2C(C(=O)c3sc(-c4ccccc4)nc3C)=C(O)C(=O)N2CC2CCCO2)cc1O. The third kappa shape index (κ3) is 4.25. The van der Waals surface area contributed by atoms with E-state index in [1.165, 1.54) is 29.4 Å². The predicted octanol–water partition coefficient (Wildman–Crippen LogP) is 4.59. The molecule has 36 heavy (non-hydrogen) atoms. The van der Waals surface area contributed by atoms with E-state index in [1.807, 2.05) is 30.3 Å². The van der Waals surface area contributed by atoms with Crippen molar-refractivity contribution in [3.8, 4) is 22.1 Å². The number of ether oxygens (including phenoxy) is 2. The standard InChI is InChI=1S/C27H26N2O6S/c1-15-25(36-26(28-15)16-7-4-3-5-8-16)23(31)21-22(17-10-11-20(34-2)19(30)13-17)29(27(33)24(21)32)14-18-9-6-12-35-18/h3-5,7-8,10-11,13,18,22,30,32H,6,9,12,14H2,1-2H3. The van der Waals surface area contributed by atoms with Gasteiger partial charge in [-0.15, -0.1) is 11.3 Å². The number of Topliss-reactive ketones (excluding diaryl/α,β-unsaturated/α-hetero) is 1. The summed E-state index contributed by atoms with van der Waals surface area (Å²) in [5, 5.41) is 22.1. The Hall–Kier alpha value is -3.69. The molecule has 186 valence electrons. The Morgan fingerprint density at radius 2 is 2.00 bits per heavy atom. The summed E-state index contributed by atoms with van der Waals surface area (Å²) in [6.45, 7) is 2.56. The fourth-order valence-electron chi connectivity index (χ4n) is 4.74. The minimum absolute atomic E-state index is 0.0334. The molecular formula is C27H26N2O6S. The number of hydrogen-bond acceptors (Lipinski definition) is 8. The van der Waals surface area contributed by atoms with Crippen molar-refractivity contribution in [2.24, 2.45) is 0 Å². The Kier molecular flexibility index (Phi) is 6.51. The maximum absolute atomic E-state index is 13.9. The van der Waals surface area contributed by atoms with Crippen LogP contribution in [-0.2, 0) is 9.53 Å². The van der Waals surface area contributed by atoms with Crippen LogP contribution >= 0.6 is 11.3 Å². The van der Waals surface area contributed by atoms with Crippen LogP contribution in [0, 0.1) is 6.92 Å². The van der Waals surface area contributed by atoms with Gasteiger partial charge in [-0.05, 0) is 37.5 Å². The van der Waals surface area contributed by atoms with Crippen molar-refractivity contribution in [2.45, 2.75) is 31.9 Å². The Morgan fingerprint density at radius 1 is 1.22 bits per heavy atom. The Morgan fingerprint density at radius 3 is 2.67 bits per heavy atom. The van der Waals surface area contributed by atoms with Gasteiger partial charge in [0.05, 0.1) is 35.4 Å². The highest BCUT2D eigenvalue weighted by atomic mass is 32.1. The normalized spacial score (nSPS) is 19.8. The number of methoxy groups -OCH3 is 1. The van der Waals surface area contributed by atoms with E-state index in [2.05, 4.69) is 4.98 Å². The Balaban J connectivity index is 1.57. The van der Waals surface area contributed by atoms with Crippen molar-refractivity contribution in [1.82, 2.24) is 9.88 Å². The fraction of sp³-hybridized carbons (Fsp3) is 0.296. The van der Waals surface area contributed by atoms with E-state index in [0.717, 1.165) is 18.4 Å². The number of rotatable bonds is 7. The summed E-state index contributed by atoms with van der Waals surface area (Å²) < 4.78 is 10.9. The molecule has 0 radical (unpaired) electrons. The smallest absolute Gasteiger partial charge is 0.290 e. The van der Waals surface area contributed by atoms with E-state index in [4.69, 9.17) is 9.47 Å². The number of nitrogens with zero attached hydrogens (tertiary/aromatic N) is 2. The first-order chi connectivity index (χ1) is 17.4. The lowest BCUT2D eigenvalue weighted by Crippen LogP contribution is -2.37. The molecule has 8 nitrogen and oxygen atoms in total. The van der Waals surface area contributed by atoms with Crippen molar-refractivity contribution in [3.05, 3.63) is 76.0 Å². The number of aryl methyl sites for hydroxylation is 1. The summed E-state index contributed by atoms with van der Waals surface area (Å²) in [6, 6.07) is 13.3. The van der Waals surface area contributed by atoms with Crippen molar-refractivity contribution in [1.29, 1.82) is 0 Å². The highest BCUT2D eigenvalue weighted by molar-refractivity contribution is 7.17. The summed E-state index contributed by atoms with van der Waals surface area (Å²) >= 11 is 1.22. The average molecular weight is 507 g/mol. The lowest BCUT2D eigenvalue weighted by molar-refractivity contribution is -0.131. The van der Waals surface area contributed by atoms with Crippen molar-refractivity contribution < 1.29 is 29.3 Å². The summed E-state index contributed by atoms with van der Waals surface area (Å²) in [4.78, 5) is 33.5. The molecule has 1 amide bonds. The third-order valence-electron chi connectivity index (χ3n) is 6.51. The first-order valence-corrected chi connectivity index (χ1v) is 12.5. The number of aromatic hydroxyl groups is 1. The topological polar surface area (TPSA) is 109 Å². The Labute approximate surface area is 212 Å². The van der Waals surface area contributed by atoms with Crippen LogP contribution in [0.3, 0.4) is 0 Å². The summed E-state index contributed by atoms with van der Waals surface area (Å²) in [7, 11) is 1.44.